The highest BCUT2D eigenvalue weighted by atomic mass is 19.4. The van der Waals surface area contributed by atoms with Gasteiger partial charge in [0.25, 0.3) is 5.91 Å². The van der Waals surface area contributed by atoms with Gasteiger partial charge in [-0.25, -0.2) is 9.67 Å². The molecule has 0 bridgehead atoms. The summed E-state index contributed by atoms with van der Waals surface area (Å²) in [6.07, 6.45) is 0.483. The number of carbonyl (C=O) groups excluding carboxylic acids is 1. The molecule has 0 saturated carbocycles. The summed E-state index contributed by atoms with van der Waals surface area (Å²) in [4.78, 5) is 16.6. The quantitative estimate of drug-likeness (QED) is 0.425. The lowest BCUT2D eigenvalue weighted by molar-refractivity contribution is -0.269. The standard InChI is InChI=1S/C22H21F3N6O3/c1-3-21(33,22(23,24)25)18-13-31(29-28-18)11-14-4-6-17-8-15(12-30(17)10-14)20(32)27-16-5-7-19(34-2)26-9-16/h4-10,12-13,33H,3,11H2,1-2H3,(H,27,32). The second-order valence-corrected chi connectivity index (χ2v) is 7.65. The van der Waals surface area contributed by atoms with Crippen molar-refractivity contribution in [2.45, 2.75) is 31.7 Å². The molecular weight excluding hydrogens is 453 g/mol. The highest BCUT2D eigenvalue weighted by Crippen LogP contribution is 2.40. The predicted octanol–water partition coefficient (Wildman–Crippen LogP) is 3.39. The summed E-state index contributed by atoms with van der Waals surface area (Å²) >= 11 is 0. The van der Waals surface area contributed by atoms with Gasteiger partial charge >= 0.3 is 6.18 Å². The Bertz CT molecular complexity index is 1320. The fourth-order valence-electron chi connectivity index (χ4n) is 3.43. The van der Waals surface area contributed by atoms with Crippen LogP contribution in [0.5, 0.6) is 5.88 Å². The van der Waals surface area contributed by atoms with Gasteiger partial charge in [-0.2, -0.15) is 13.2 Å². The number of pyridine rings is 2. The van der Waals surface area contributed by atoms with Crippen LogP contribution in [0.25, 0.3) is 5.52 Å². The topological polar surface area (TPSA) is 107 Å². The van der Waals surface area contributed by atoms with E-state index >= 15 is 0 Å². The van der Waals surface area contributed by atoms with Crippen LogP contribution in [-0.2, 0) is 12.1 Å². The van der Waals surface area contributed by atoms with Crippen LogP contribution in [0.3, 0.4) is 0 Å². The van der Waals surface area contributed by atoms with Crippen LogP contribution in [0.1, 0.15) is 35.0 Å². The molecule has 4 aromatic rings. The molecule has 2 N–H and O–H groups in total. The van der Waals surface area contributed by atoms with Crippen molar-refractivity contribution in [2.24, 2.45) is 0 Å². The molecule has 0 spiro atoms. The molecular formula is C22H21F3N6O3. The number of carbonyl (C=O) groups is 1. The molecule has 9 nitrogen and oxygen atoms in total. The van der Waals surface area contributed by atoms with Gasteiger partial charge in [0.15, 0.2) is 0 Å². The fraction of sp³-hybridized carbons (Fsp3) is 0.273. The van der Waals surface area contributed by atoms with Crippen molar-refractivity contribution in [1.29, 1.82) is 0 Å². The van der Waals surface area contributed by atoms with Gasteiger partial charge in [-0.3, -0.25) is 4.79 Å². The molecule has 0 aromatic carbocycles. The first-order chi connectivity index (χ1) is 16.1. The monoisotopic (exact) mass is 474 g/mol. The summed E-state index contributed by atoms with van der Waals surface area (Å²) in [7, 11) is 1.50. The van der Waals surface area contributed by atoms with E-state index in [1.807, 2.05) is 0 Å². The molecule has 12 heteroatoms. The Morgan fingerprint density at radius 2 is 1.97 bits per heavy atom. The number of aliphatic hydroxyl groups is 1. The molecule has 4 aromatic heterocycles. The van der Waals surface area contributed by atoms with E-state index in [-0.39, 0.29) is 12.5 Å². The Balaban J connectivity index is 1.50. The van der Waals surface area contributed by atoms with Crippen molar-refractivity contribution >= 4 is 17.1 Å². The van der Waals surface area contributed by atoms with E-state index in [1.54, 1.807) is 47.1 Å². The van der Waals surface area contributed by atoms with E-state index in [0.29, 0.717) is 22.7 Å². The number of alkyl halides is 3. The highest BCUT2D eigenvalue weighted by molar-refractivity contribution is 6.05. The number of nitrogens with one attached hydrogen (secondary N) is 1. The Hall–Kier alpha value is -3.93. The van der Waals surface area contributed by atoms with Gasteiger partial charge in [0, 0.05) is 24.0 Å². The molecule has 1 unspecified atom stereocenters. The van der Waals surface area contributed by atoms with E-state index in [4.69, 9.17) is 4.74 Å². The van der Waals surface area contributed by atoms with Crippen LogP contribution in [0.15, 0.2) is 55.1 Å². The third-order valence-electron chi connectivity index (χ3n) is 5.41. The van der Waals surface area contributed by atoms with Gasteiger partial charge in [-0.15, -0.1) is 5.10 Å². The average molecular weight is 474 g/mol. The zero-order chi connectivity index (χ0) is 24.5. The number of halogens is 3. The van der Waals surface area contributed by atoms with Gasteiger partial charge in [0.2, 0.25) is 11.5 Å². The van der Waals surface area contributed by atoms with Gasteiger partial charge < -0.3 is 19.6 Å². The van der Waals surface area contributed by atoms with Gasteiger partial charge in [-0.05, 0) is 30.2 Å². The first-order valence-corrected chi connectivity index (χ1v) is 10.2. The lowest BCUT2D eigenvalue weighted by Crippen LogP contribution is -2.42. The SMILES string of the molecule is CCC(O)(c1cn(Cc2ccc3cc(C(=O)Nc4ccc(OC)nc4)cn3c2)nn1)C(F)(F)F. The third-order valence-corrected chi connectivity index (χ3v) is 5.41. The van der Waals surface area contributed by atoms with Crippen LogP contribution in [0.2, 0.25) is 0 Å². The van der Waals surface area contributed by atoms with E-state index in [1.165, 1.54) is 24.9 Å². The summed E-state index contributed by atoms with van der Waals surface area (Å²) in [5.41, 5.74) is -1.24. The minimum absolute atomic E-state index is 0.123. The van der Waals surface area contributed by atoms with Gasteiger partial charge in [-0.1, -0.05) is 18.2 Å². The largest absolute Gasteiger partial charge is 0.481 e. The second kappa shape index (κ2) is 8.78. The number of hydrogen-bond donors (Lipinski definition) is 2. The van der Waals surface area contributed by atoms with Crippen molar-refractivity contribution < 1.29 is 27.8 Å². The number of aromatic nitrogens is 5. The molecule has 4 heterocycles. The predicted molar refractivity (Wildman–Crippen MR) is 116 cm³/mol. The van der Waals surface area contributed by atoms with Crippen molar-refractivity contribution in [3.8, 4) is 5.88 Å². The molecule has 178 valence electrons. The Morgan fingerprint density at radius 1 is 1.18 bits per heavy atom. The van der Waals surface area contributed by atoms with E-state index < -0.39 is 23.9 Å². The van der Waals surface area contributed by atoms with Crippen LogP contribution in [-0.4, -0.2) is 48.7 Å². The second-order valence-electron chi connectivity index (χ2n) is 7.65. The van der Waals surface area contributed by atoms with E-state index in [0.717, 1.165) is 11.7 Å². The average Bonchev–Trinajstić information content (AvgIpc) is 3.45. The van der Waals surface area contributed by atoms with E-state index in [9.17, 15) is 23.1 Å². The lowest BCUT2D eigenvalue weighted by Gasteiger charge is -2.26. The number of rotatable bonds is 7. The van der Waals surface area contributed by atoms with E-state index in [2.05, 4.69) is 20.6 Å². The molecule has 1 atom stereocenters. The number of anilines is 1. The molecule has 1 amide bonds. The molecule has 0 radical (unpaired) electrons. The maximum atomic E-state index is 13.3. The number of fused-ring (bicyclic) bond motifs is 1. The summed E-state index contributed by atoms with van der Waals surface area (Å²) in [5, 5.41) is 20.1. The molecule has 0 fully saturated rings. The summed E-state index contributed by atoms with van der Waals surface area (Å²) in [6, 6.07) is 8.54. The zero-order valence-corrected chi connectivity index (χ0v) is 18.2. The van der Waals surface area contributed by atoms with Gasteiger partial charge in [0.1, 0.15) is 5.69 Å². The fourth-order valence-corrected chi connectivity index (χ4v) is 3.43. The molecule has 0 aliphatic heterocycles. The van der Waals surface area contributed by atoms with Crippen LogP contribution >= 0.6 is 0 Å². The van der Waals surface area contributed by atoms with Gasteiger partial charge in [0.05, 0.1) is 37.3 Å². The minimum Gasteiger partial charge on any atom is -0.481 e. The first-order valence-electron chi connectivity index (χ1n) is 10.2. The minimum atomic E-state index is -4.87. The van der Waals surface area contributed by atoms with Crippen LogP contribution < -0.4 is 10.1 Å². The third kappa shape index (κ3) is 4.44. The Morgan fingerprint density at radius 3 is 2.62 bits per heavy atom. The summed E-state index contributed by atoms with van der Waals surface area (Å²) in [6.45, 7) is 1.35. The number of amides is 1. The highest BCUT2D eigenvalue weighted by Gasteiger charge is 2.55. The summed E-state index contributed by atoms with van der Waals surface area (Å²) in [5.74, 6) is 0.0987. The number of hydrogen-bond acceptors (Lipinski definition) is 6. The Labute approximate surface area is 191 Å². The molecule has 34 heavy (non-hydrogen) atoms. The van der Waals surface area contributed by atoms with Crippen molar-refractivity contribution in [2.75, 3.05) is 12.4 Å². The van der Waals surface area contributed by atoms with Crippen molar-refractivity contribution in [3.63, 3.8) is 0 Å². The molecule has 0 aliphatic rings. The normalized spacial score (nSPS) is 13.6. The Kier molecular flexibility index (Phi) is 6.00. The maximum Gasteiger partial charge on any atom is 0.423 e. The zero-order valence-electron chi connectivity index (χ0n) is 18.2. The molecule has 4 rings (SSSR count). The first kappa shape index (κ1) is 23.2. The lowest BCUT2D eigenvalue weighted by atomic mass is 9.96. The van der Waals surface area contributed by atoms with Crippen molar-refractivity contribution in [3.05, 3.63) is 71.9 Å². The van der Waals surface area contributed by atoms with Crippen LogP contribution in [0.4, 0.5) is 18.9 Å². The number of ether oxygens (including phenoxy) is 1. The summed E-state index contributed by atoms with van der Waals surface area (Å²) < 4.78 is 47.7. The number of methoxy groups -OCH3 is 1. The maximum absolute atomic E-state index is 13.3. The van der Waals surface area contributed by atoms with Crippen LogP contribution in [0, 0.1) is 0 Å². The molecule has 0 aliphatic carbocycles. The number of nitrogens with zero attached hydrogens (tertiary/aromatic N) is 5. The smallest absolute Gasteiger partial charge is 0.423 e. The molecule has 0 saturated heterocycles. The van der Waals surface area contributed by atoms with Crippen molar-refractivity contribution in [1.82, 2.24) is 24.4 Å².